The number of aliphatic imine (C=N–C) groups is 1. The van der Waals surface area contributed by atoms with Crippen molar-refractivity contribution in [2.24, 2.45) is 4.99 Å². The van der Waals surface area contributed by atoms with Crippen molar-refractivity contribution in [3.05, 3.63) is 78.3 Å². The van der Waals surface area contributed by atoms with E-state index in [2.05, 4.69) is 21.5 Å². The Labute approximate surface area is 168 Å². The zero-order valence-electron chi connectivity index (χ0n) is 17.4. The first-order valence-corrected chi connectivity index (χ1v) is 9.40. The maximum atomic E-state index is 11.7. The van der Waals surface area contributed by atoms with E-state index in [0.29, 0.717) is 31.6 Å². The Balaban J connectivity index is 2.91. The van der Waals surface area contributed by atoms with E-state index < -0.39 is 0 Å². The number of carbonyl (C=O) groups is 1. The second-order valence-electron chi connectivity index (χ2n) is 6.37. The zero-order valence-corrected chi connectivity index (χ0v) is 17.4. The van der Waals surface area contributed by atoms with Crippen molar-refractivity contribution in [1.82, 2.24) is 9.88 Å². The second-order valence-corrected chi connectivity index (χ2v) is 6.37. The van der Waals surface area contributed by atoms with E-state index in [9.17, 15) is 4.79 Å². The van der Waals surface area contributed by atoms with Crippen LogP contribution in [0.15, 0.2) is 77.6 Å². The van der Waals surface area contributed by atoms with Gasteiger partial charge >= 0.3 is 5.97 Å². The predicted octanol–water partition coefficient (Wildman–Crippen LogP) is 4.50. The molecule has 0 spiro atoms. The minimum Gasteiger partial charge on any atom is -0.466 e. The number of esters is 1. The minimum atomic E-state index is -0.341. The topological polar surface area (TPSA) is 54.8 Å². The first kappa shape index (κ1) is 23.2. The molecular weight excluding hydrogens is 350 g/mol. The number of rotatable bonds is 11. The summed E-state index contributed by atoms with van der Waals surface area (Å²) < 4.78 is 4.78. The zero-order chi connectivity index (χ0) is 20.8. The molecule has 150 valence electrons. The van der Waals surface area contributed by atoms with Gasteiger partial charge in [0.2, 0.25) is 0 Å². The summed E-state index contributed by atoms with van der Waals surface area (Å²) in [5.41, 5.74) is 3.44. The third-order valence-electron chi connectivity index (χ3n) is 3.90. The number of aromatic nitrogens is 1. The second kappa shape index (κ2) is 13.4. The van der Waals surface area contributed by atoms with Crippen molar-refractivity contribution in [1.29, 1.82) is 0 Å². The molecule has 0 saturated heterocycles. The smallest absolute Gasteiger partial charge is 0.335 e. The highest BCUT2D eigenvalue weighted by molar-refractivity contribution is 5.89. The summed E-state index contributed by atoms with van der Waals surface area (Å²) in [7, 11) is 1.38. The fourth-order valence-electron chi connectivity index (χ4n) is 2.50. The van der Waals surface area contributed by atoms with E-state index >= 15 is 0 Å². The number of hydrogen-bond acceptors (Lipinski definition) is 5. The van der Waals surface area contributed by atoms with Gasteiger partial charge in [-0.05, 0) is 38.0 Å². The molecule has 0 aliphatic rings. The maximum absolute atomic E-state index is 11.7. The van der Waals surface area contributed by atoms with Crippen LogP contribution >= 0.6 is 0 Å². The average Bonchev–Trinajstić information content (AvgIpc) is 2.69. The molecule has 1 rings (SSSR count). The van der Waals surface area contributed by atoms with Crippen LogP contribution in [0, 0.1) is 0 Å². The fraction of sp³-hybridized carbons (Fsp3) is 0.348. The summed E-state index contributed by atoms with van der Waals surface area (Å²) in [5, 5.41) is 0. The maximum Gasteiger partial charge on any atom is 0.335 e. The van der Waals surface area contributed by atoms with Crippen LogP contribution in [0.5, 0.6) is 0 Å². The van der Waals surface area contributed by atoms with Gasteiger partial charge in [0.1, 0.15) is 0 Å². The number of allylic oxidation sites excluding steroid dienone is 3. The Bertz CT molecular complexity index is 746. The quantitative estimate of drug-likeness (QED) is 0.245. The van der Waals surface area contributed by atoms with Gasteiger partial charge in [-0.3, -0.25) is 14.9 Å². The predicted molar refractivity (Wildman–Crippen MR) is 116 cm³/mol. The van der Waals surface area contributed by atoms with Crippen molar-refractivity contribution in [2.75, 3.05) is 20.2 Å². The van der Waals surface area contributed by atoms with Crippen molar-refractivity contribution in [3.63, 3.8) is 0 Å². The molecule has 1 aromatic rings. The number of pyridine rings is 1. The van der Waals surface area contributed by atoms with Crippen LogP contribution in [0.1, 0.15) is 32.9 Å². The summed E-state index contributed by atoms with van der Waals surface area (Å²) in [6.07, 6.45) is 11.9. The van der Waals surface area contributed by atoms with Crippen LogP contribution in [-0.4, -0.2) is 41.8 Å². The molecule has 0 unspecified atom stereocenters. The fourth-order valence-corrected chi connectivity index (χ4v) is 2.50. The van der Waals surface area contributed by atoms with E-state index in [0.717, 1.165) is 17.0 Å². The highest BCUT2D eigenvalue weighted by atomic mass is 16.5. The van der Waals surface area contributed by atoms with Crippen LogP contribution in [0.3, 0.4) is 0 Å². The first-order valence-electron chi connectivity index (χ1n) is 9.40. The summed E-state index contributed by atoms with van der Waals surface area (Å²) in [4.78, 5) is 22.8. The van der Waals surface area contributed by atoms with E-state index in [1.807, 2.05) is 63.3 Å². The lowest BCUT2D eigenvalue weighted by Crippen LogP contribution is -2.30. The Morgan fingerprint density at radius 1 is 1.32 bits per heavy atom. The average molecular weight is 382 g/mol. The van der Waals surface area contributed by atoms with E-state index in [4.69, 9.17) is 4.74 Å². The molecule has 0 aliphatic carbocycles. The number of nitrogens with zero attached hydrogens (tertiary/aromatic N) is 3. The molecule has 5 nitrogen and oxygen atoms in total. The van der Waals surface area contributed by atoms with Gasteiger partial charge in [0, 0.05) is 37.7 Å². The molecule has 0 N–H and O–H groups in total. The van der Waals surface area contributed by atoms with Crippen LogP contribution in [-0.2, 0) is 16.1 Å². The molecule has 0 saturated carbocycles. The lowest BCUT2D eigenvalue weighted by atomic mass is 10.2. The molecule has 0 bridgehead atoms. The third kappa shape index (κ3) is 9.24. The number of hydrogen-bond donors (Lipinski definition) is 0. The molecule has 0 fully saturated rings. The molecule has 0 amide bonds. The van der Waals surface area contributed by atoms with Gasteiger partial charge in [-0.2, -0.15) is 0 Å². The first-order chi connectivity index (χ1) is 13.5. The molecule has 28 heavy (non-hydrogen) atoms. The monoisotopic (exact) mass is 381 g/mol. The lowest BCUT2D eigenvalue weighted by molar-refractivity contribution is -0.136. The molecule has 0 aliphatic heterocycles. The van der Waals surface area contributed by atoms with Crippen LogP contribution in [0.2, 0.25) is 0 Å². The van der Waals surface area contributed by atoms with Crippen molar-refractivity contribution < 1.29 is 9.53 Å². The normalized spacial score (nSPS) is 12.9. The molecule has 1 aromatic heterocycles. The number of carbonyl (C=O) groups excluding carboxylic acids is 1. The van der Waals surface area contributed by atoms with E-state index in [1.165, 1.54) is 7.11 Å². The van der Waals surface area contributed by atoms with Crippen LogP contribution < -0.4 is 0 Å². The van der Waals surface area contributed by atoms with Crippen molar-refractivity contribution in [2.45, 2.75) is 33.7 Å². The molecule has 5 heteroatoms. The Morgan fingerprint density at radius 3 is 2.71 bits per heavy atom. The highest BCUT2D eigenvalue weighted by Crippen LogP contribution is 2.07. The SMILES string of the molecule is C=C(/C=C\C=C/C)CN(C/C(C)=N/C=C(\CC)C(=O)OC)Cc1ccccn1. The summed E-state index contributed by atoms with van der Waals surface area (Å²) in [6.45, 7) is 12.0. The Morgan fingerprint density at radius 2 is 2.11 bits per heavy atom. The van der Waals surface area contributed by atoms with Gasteiger partial charge in [-0.25, -0.2) is 4.79 Å². The van der Waals surface area contributed by atoms with Gasteiger partial charge in [-0.15, -0.1) is 0 Å². The molecule has 0 radical (unpaired) electrons. The standard InChI is InChI=1S/C23H31N3O2/c1-6-8-9-12-19(3)16-26(18-22-13-10-11-14-24-22)17-20(4)25-15-21(7-2)23(27)28-5/h6,8-15H,3,7,16-18H2,1-2,4-5H3/b8-6-,12-9-,21-15+,25-20+. The van der Waals surface area contributed by atoms with Gasteiger partial charge in [-0.1, -0.05) is 43.9 Å². The molecule has 1 heterocycles. The van der Waals surface area contributed by atoms with Crippen LogP contribution in [0.25, 0.3) is 0 Å². The highest BCUT2D eigenvalue weighted by Gasteiger charge is 2.10. The summed E-state index contributed by atoms with van der Waals surface area (Å²) in [5.74, 6) is -0.341. The number of ether oxygens (including phenoxy) is 1. The van der Waals surface area contributed by atoms with E-state index in [1.54, 1.807) is 12.4 Å². The summed E-state index contributed by atoms with van der Waals surface area (Å²) in [6, 6.07) is 5.89. The molecule has 0 aromatic carbocycles. The molecular formula is C23H31N3O2. The van der Waals surface area contributed by atoms with Crippen molar-refractivity contribution in [3.8, 4) is 0 Å². The van der Waals surface area contributed by atoms with Gasteiger partial charge in [0.15, 0.2) is 0 Å². The number of methoxy groups -OCH3 is 1. The molecule has 0 atom stereocenters. The lowest BCUT2D eigenvalue weighted by Gasteiger charge is -2.22. The van der Waals surface area contributed by atoms with E-state index in [-0.39, 0.29) is 5.97 Å². The van der Waals surface area contributed by atoms with Crippen LogP contribution in [0.4, 0.5) is 0 Å². The van der Waals surface area contributed by atoms with Crippen molar-refractivity contribution >= 4 is 11.7 Å². The minimum absolute atomic E-state index is 0.341. The summed E-state index contributed by atoms with van der Waals surface area (Å²) >= 11 is 0. The Hall–Kier alpha value is -2.79. The Kier molecular flexibility index (Phi) is 11.1. The van der Waals surface area contributed by atoms with Gasteiger partial charge in [0.05, 0.1) is 18.4 Å². The third-order valence-corrected chi connectivity index (χ3v) is 3.90. The van der Waals surface area contributed by atoms with Gasteiger partial charge < -0.3 is 4.74 Å². The van der Waals surface area contributed by atoms with Gasteiger partial charge in [0.25, 0.3) is 0 Å². The largest absolute Gasteiger partial charge is 0.466 e.